The summed E-state index contributed by atoms with van der Waals surface area (Å²) < 4.78 is 0. The van der Waals surface area contributed by atoms with Crippen LogP contribution in [0, 0.1) is 0 Å². The number of piperidine rings is 1. The summed E-state index contributed by atoms with van der Waals surface area (Å²) in [5.74, 6) is 0.192. The first-order valence-corrected chi connectivity index (χ1v) is 10.6. The van der Waals surface area contributed by atoms with Crippen LogP contribution in [-0.4, -0.2) is 36.1 Å². The molecule has 2 aliphatic heterocycles. The van der Waals surface area contributed by atoms with Gasteiger partial charge in [0.1, 0.15) is 5.54 Å². The van der Waals surface area contributed by atoms with Crippen molar-refractivity contribution in [2.24, 2.45) is 0 Å². The van der Waals surface area contributed by atoms with E-state index in [2.05, 4.69) is 75.8 Å². The van der Waals surface area contributed by atoms with E-state index in [0.717, 1.165) is 38.0 Å². The van der Waals surface area contributed by atoms with E-state index in [9.17, 15) is 4.79 Å². The second-order valence-electron chi connectivity index (χ2n) is 8.58. The van der Waals surface area contributed by atoms with Crippen LogP contribution in [0.3, 0.4) is 0 Å². The maximum absolute atomic E-state index is 12.9. The van der Waals surface area contributed by atoms with Crippen LogP contribution in [0.1, 0.15) is 30.0 Å². The van der Waals surface area contributed by atoms with Crippen LogP contribution in [0.25, 0.3) is 10.8 Å². The molecule has 0 bridgehead atoms. The first-order chi connectivity index (χ1) is 14.3. The Balaban J connectivity index is 0.00000193. The molecule has 0 saturated carbocycles. The van der Waals surface area contributed by atoms with E-state index in [-0.39, 0.29) is 18.3 Å². The zero-order valence-electron chi connectivity index (χ0n) is 16.9. The second-order valence-corrected chi connectivity index (χ2v) is 8.58. The van der Waals surface area contributed by atoms with Crippen LogP contribution in [0.15, 0.2) is 66.7 Å². The number of hydrogen-bond acceptors (Lipinski definition) is 3. The highest BCUT2D eigenvalue weighted by molar-refractivity contribution is 5.94. The number of hydrogen-bond donors (Lipinski definition) is 1. The Morgan fingerprint density at radius 3 is 2.40 bits per heavy atom. The first kappa shape index (κ1) is 19.4. The summed E-state index contributed by atoms with van der Waals surface area (Å²) in [7, 11) is 0. The summed E-state index contributed by atoms with van der Waals surface area (Å²) in [4.78, 5) is 17.8. The molecule has 1 atom stereocenters. The van der Waals surface area contributed by atoms with E-state index in [1.54, 1.807) is 0 Å². The maximum atomic E-state index is 12.9. The molecule has 2 saturated heterocycles. The smallest absolute Gasteiger partial charge is 0.247 e. The molecular formula is C25H26ClN3O. The third-order valence-corrected chi connectivity index (χ3v) is 7.27. The highest BCUT2D eigenvalue weighted by Gasteiger charge is 2.51. The predicted molar refractivity (Wildman–Crippen MR) is 123 cm³/mol. The van der Waals surface area contributed by atoms with Gasteiger partial charge in [0.2, 0.25) is 5.91 Å². The highest BCUT2D eigenvalue weighted by atomic mass is 35.5. The third kappa shape index (κ3) is 2.74. The van der Waals surface area contributed by atoms with Gasteiger partial charge in [0.25, 0.3) is 0 Å². The van der Waals surface area contributed by atoms with E-state index in [1.807, 2.05) is 6.07 Å². The van der Waals surface area contributed by atoms with Gasteiger partial charge in [-0.1, -0.05) is 54.6 Å². The zero-order valence-corrected chi connectivity index (χ0v) is 17.7. The number of likely N-dealkylation sites (tertiary alicyclic amines) is 1. The van der Waals surface area contributed by atoms with Crippen molar-refractivity contribution in [2.75, 3.05) is 24.7 Å². The summed E-state index contributed by atoms with van der Waals surface area (Å²) in [6.45, 7) is 2.51. The van der Waals surface area contributed by atoms with Crippen LogP contribution in [-0.2, 0) is 11.2 Å². The molecule has 0 radical (unpaired) electrons. The number of nitrogens with one attached hydrogen (secondary N) is 1. The van der Waals surface area contributed by atoms with Gasteiger partial charge in [-0.05, 0) is 53.3 Å². The molecule has 4 nitrogen and oxygen atoms in total. The van der Waals surface area contributed by atoms with Gasteiger partial charge in [0.15, 0.2) is 0 Å². The summed E-state index contributed by atoms with van der Waals surface area (Å²) in [6, 6.07) is 24.2. The van der Waals surface area contributed by atoms with Crippen LogP contribution in [0.5, 0.6) is 0 Å². The molecule has 3 aliphatic rings. The molecule has 0 aromatic heterocycles. The fraction of sp³-hybridized carbons (Fsp3) is 0.320. The Kier molecular flexibility index (Phi) is 4.72. The highest BCUT2D eigenvalue weighted by Crippen LogP contribution is 2.43. The van der Waals surface area contributed by atoms with E-state index in [1.165, 1.54) is 21.9 Å². The van der Waals surface area contributed by atoms with Gasteiger partial charge in [-0.2, -0.15) is 0 Å². The van der Waals surface area contributed by atoms with Crippen molar-refractivity contribution in [1.82, 2.24) is 10.2 Å². The quantitative estimate of drug-likeness (QED) is 0.673. The summed E-state index contributed by atoms with van der Waals surface area (Å²) in [6.07, 6.45) is 2.82. The minimum Gasteiger partial charge on any atom is -0.339 e. The number of nitrogens with zero attached hydrogens (tertiary/aromatic N) is 2. The second kappa shape index (κ2) is 7.29. The normalized spacial score (nSPS) is 22.3. The molecule has 1 amide bonds. The summed E-state index contributed by atoms with van der Waals surface area (Å²) in [5, 5.41) is 5.91. The van der Waals surface area contributed by atoms with Crippen LogP contribution >= 0.6 is 12.4 Å². The predicted octanol–water partition coefficient (Wildman–Crippen LogP) is 4.29. The molecule has 154 valence electrons. The van der Waals surface area contributed by atoms with Crippen molar-refractivity contribution in [3.05, 3.63) is 77.9 Å². The van der Waals surface area contributed by atoms with Gasteiger partial charge >= 0.3 is 0 Å². The Hall–Kier alpha value is -2.56. The minimum absolute atomic E-state index is 0. The van der Waals surface area contributed by atoms with Crippen molar-refractivity contribution in [2.45, 2.75) is 30.8 Å². The van der Waals surface area contributed by atoms with Crippen molar-refractivity contribution >= 4 is 34.8 Å². The number of rotatable bonds is 2. The van der Waals surface area contributed by atoms with E-state index in [0.29, 0.717) is 12.7 Å². The standard InChI is InChI=1S/C25H25N3O.ClH/c29-24-25(28(17-26-24)20-9-2-1-3-10-20)12-14-27(15-13-25)22-16-19-8-4-6-18-7-5-11-21(22)23(18)19;/h1-11,22H,12-17H2,(H,26,29);1H/t22-;/m0./s1. The van der Waals surface area contributed by atoms with Gasteiger partial charge in [-0.15, -0.1) is 12.4 Å². The van der Waals surface area contributed by atoms with Crippen molar-refractivity contribution in [1.29, 1.82) is 0 Å². The molecule has 30 heavy (non-hydrogen) atoms. The number of carbonyl (C=O) groups excluding carboxylic acids is 1. The summed E-state index contributed by atoms with van der Waals surface area (Å²) in [5.41, 5.74) is 3.66. The Morgan fingerprint density at radius 1 is 0.900 bits per heavy atom. The lowest BCUT2D eigenvalue weighted by Gasteiger charge is -2.45. The Labute approximate surface area is 183 Å². The SMILES string of the molecule is Cl.O=C1NCN(c2ccccc2)C12CCN([C@H]1Cc3cccc4cccc1c34)CC2. The van der Waals surface area contributed by atoms with Crippen molar-refractivity contribution in [3.8, 4) is 0 Å². The monoisotopic (exact) mass is 419 g/mol. The fourth-order valence-electron chi connectivity index (χ4n) is 5.78. The van der Waals surface area contributed by atoms with Gasteiger partial charge < -0.3 is 10.2 Å². The number of amides is 1. The Morgan fingerprint density at radius 2 is 1.63 bits per heavy atom. The zero-order chi connectivity index (χ0) is 19.4. The maximum Gasteiger partial charge on any atom is 0.247 e. The molecule has 2 fully saturated rings. The molecule has 5 heteroatoms. The molecule has 2 heterocycles. The fourth-order valence-corrected chi connectivity index (χ4v) is 5.78. The van der Waals surface area contributed by atoms with Gasteiger partial charge in [-0.3, -0.25) is 9.69 Å². The molecule has 6 rings (SSSR count). The lowest BCUT2D eigenvalue weighted by Crippen LogP contribution is -2.56. The van der Waals surface area contributed by atoms with Crippen molar-refractivity contribution < 1.29 is 4.79 Å². The largest absolute Gasteiger partial charge is 0.339 e. The van der Waals surface area contributed by atoms with E-state index in [4.69, 9.17) is 0 Å². The lowest BCUT2D eigenvalue weighted by atomic mass is 9.84. The molecule has 1 N–H and O–H groups in total. The van der Waals surface area contributed by atoms with Gasteiger partial charge in [0.05, 0.1) is 6.67 Å². The average molecular weight is 420 g/mol. The van der Waals surface area contributed by atoms with E-state index < -0.39 is 5.54 Å². The third-order valence-electron chi connectivity index (χ3n) is 7.27. The minimum atomic E-state index is -0.407. The molecule has 1 aliphatic carbocycles. The van der Waals surface area contributed by atoms with Crippen molar-refractivity contribution in [3.63, 3.8) is 0 Å². The van der Waals surface area contributed by atoms with E-state index >= 15 is 0 Å². The lowest BCUT2D eigenvalue weighted by molar-refractivity contribution is -0.125. The molecule has 1 spiro atoms. The molecule has 3 aromatic carbocycles. The Bertz CT molecular complexity index is 1090. The number of halogens is 1. The number of carbonyl (C=O) groups is 1. The van der Waals surface area contributed by atoms with Crippen LogP contribution in [0.4, 0.5) is 5.69 Å². The van der Waals surface area contributed by atoms with Crippen LogP contribution < -0.4 is 10.2 Å². The number of benzene rings is 3. The topological polar surface area (TPSA) is 35.6 Å². The molecule has 3 aromatic rings. The van der Waals surface area contributed by atoms with Gasteiger partial charge in [-0.25, -0.2) is 0 Å². The van der Waals surface area contributed by atoms with Gasteiger partial charge in [0, 0.05) is 24.8 Å². The first-order valence-electron chi connectivity index (χ1n) is 10.6. The number of para-hydroxylation sites is 1. The average Bonchev–Trinajstić information content (AvgIpc) is 3.30. The number of anilines is 1. The molecule has 0 unspecified atom stereocenters. The van der Waals surface area contributed by atoms with Crippen LogP contribution in [0.2, 0.25) is 0 Å². The summed E-state index contributed by atoms with van der Waals surface area (Å²) >= 11 is 0. The molecular weight excluding hydrogens is 394 g/mol.